The van der Waals surface area contributed by atoms with Crippen LogP contribution in [0.3, 0.4) is 0 Å². The minimum atomic E-state index is -0.458. The Balaban J connectivity index is 1.77. The summed E-state index contributed by atoms with van der Waals surface area (Å²) < 4.78 is 11.1. The third-order valence-electron chi connectivity index (χ3n) is 4.49. The molecule has 0 aliphatic carbocycles. The molecule has 2 rings (SSSR count). The number of benzene rings is 1. The van der Waals surface area contributed by atoms with Gasteiger partial charge in [0, 0.05) is 24.7 Å². The molecule has 152 valence electrons. The Morgan fingerprint density at radius 2 is 2.15 bits per heavy atom. The summed E-state index contributed by atoms with van der Waals surface area (Å²) in [5.74, 6) is 1.40. The lowest BCUT2D eigenvalue weighted by atomic mass is 10.1. The highest BCUT2D eigenvalue weighted by molar-refractivity contribution is 6.30. The SMILES string of the molecule is CCCOc1ccc(Cl)cc1CCN1CCC(CNC(=O)OC(C)(C)C)C1. The van der Waals surface area contributed by atoms with E-state index in [0.717, 1.165) is 61.8 Å². The summed E-state index contributed by atoms with van der Waals surface area (Å²) in [6.07, 6.45) is 2.65. The van der Waals surface area contributed by atoms with Gasteiger partial charge in [-0.15, -0.1) is 0 Å². The number of ether oxygens (including phenoxy) is 2. The second kappa shape index (κ2) is 10.2. The Hall–Kier alpha value is -1.46. The van der Waals surface area contributed by atoms with E-state index in [1.807, 2.05) is 39.0 Å². The van der Waals surface area contributed by atoms with Crippen molar-refractivity contribution in [3.8, 4) is 5.75 Å². The van der Waals surface area contributed by atoms with Crippen molar-refractivity contribution in [3.05, 3.63) is 28.8 Å². The molecular formula is C21H33ClN2O3. The normalized spacial score (nSPS) is 17.7. The first-order valence-electron chi connectivity index (χ1n) is 9.87. The molecular weight excluding hydrogens is 364 g/mol. The van der Waals surface area contributed by atoms with Crippen LogP contribution in [0.1, 0.15) is 46.1 Å². The third kappa shape index (κ3) is 7.97. The van der Waals surface area contributed by atoms with Gasteiger partial charge in [-0.2, -0.15) is 0 Å². The number of nitrogens with zero attached hydrogens (tertiary/aromatic N) is 1. The maximum Gasteiger partial charge on any atom is 0.407 e. The number of likely N-dealkylation sites (tertiary alicyclic amines) is 1. The number of alkyl carbamates (subject to hydrolysis) is 1. The number of amides is 1. The first kappa shape index (κ1) is 21.8. The molecule has 0 spiro atoms. The molecule has 0 saturated carbocycles. The highest BCUT2D eigenvalue weighted by atomic mass is 35.5. The van der Waals surface area contributed by atoms with Gasteiger partial charge >= 0.3 is 6.09 Å². The summed E-state index contributed by atoms with van der Waals surface area (Å²) in [6, 6.07) is 5.85. The molecule has 0 radical (unpaired) electrons. The van der Waals surface area contributed by atoms with Gasteiger partial charge in [0.15, 0.2) is 0 Å². The van der Waals surface area contributed by atoms with Crippen LogP contribution < -0.4 is 10.1 Å². The molecule has 1 aromatic rings. The molecule has 1 saturated heterocycles. The van der Waals surface area contributed by atoms with Gasteiger partial charge in [0.25, 0.3) is 0 Å². The van der Waals surface area contributed by atoms with E-state index in [9.17, 15) is 4.79 Å². The maximum absolute atomic E-state index is 11.8. The summed E-state index contributed by atoms with van der Waals surface area (Å²) >= 11 is 6.16. The zero-order chi connectivity index (χ0) is 19.9. The van der Waals surface area contributed by atoms with E-state index in [0.29, 0.717) is 12.5 Å². The van der Waals surface area contributed by atoms with Crippen molar-refractivity contribution >= 4 is 17.7 Å². The lowest BCUT2D eigenvalue weighted by molar-refractivity contribution is 0.0519. The summed E-state index contributed by atoms with van der Waals surface area (Å²) in [5, 5.41) is 3.64. The Bertz CT molecular complexity index is 616. The van der Waals surface area contributed by atoms with Crippen molar-refractivity contribution in [1.29, 1.82) is 0 Å². The van der Waals surface area contributed by atoms with E-state index in [1.54, 1.807) is 0 Å². The first-order chi connectivity index (χ1) is 12.8. The van der Waals surface area contributed by atoms with Crippen molar-refractivity contribution in [3.63, 3.8) is 0 Å². The molecule has 1 aliphatic heterocycles. The molecule has 1 aliphatic rings. The highest BCUT2D eigenvalue weighted by Crippen LogP contribution is 2.25. The third-order valence-corrected chi connectivity index (χ3v) is 4.72. The fourth-order valence-electron chi connectivity index (χ4n) is 3.20. The summed E-state index contributed by atoms with van der Waals surface area (Å²) in [4.78, 5) is 14.2. The number of carbonyl (C=O) groups excluding carboxylic acids is 1. The molecule has 1 heterocycles. The van der Waals surface area contributed by atoms with Crippen molar-refractivity contribution in [2.75, 3.05) is 32.8 Å². The van der Waals surface area contributed by atoms with Crippen LogP contribution in [0, 0.1) is 5.92 Å². The highest BCUT2D eigenvalue weighted by Gasteiger charge is 2.24. The fourth-order valence-corrected chi connectivity index (χ4v) is 3.39. The molecule has 1 aromatic carbocycles. The van der Waals surface area contributed by atoms with Gasteiger partial charge in [-0.25, -0.2) is 4.79 Å². The molecule has 5 nitrogen and oxygen atoms in total. The number of hydrogen-bond donors (Lipinski definition) is 1. The Kier molecular flexibility index (Phi) is 8.24. The number of carbonyl (C=O) groups is 1. The topological polar surface area (TPSA) is 50.8 Å². The van der Waals surface area contributed by atoms with Gasteiger partial charge in [-0.1, -0.05) is 18.5 Å². The minimum Gasteiger partial charge on any atom is -0.493 e. The predicted molar refractivity (Wildman–Crippen MR) is 110 cm³/mol. The van der Waals surface area contributed by atoms with Crippen LogP contribution in [0.4, 0.5) is 4.79 Å². The molecule has 1 atom stereocenters. The van der Waals surface area contributed by atoms with Crippen molar-refractivity contribution in [2.24, 2.45) is 5.92 Å². The molecule has 27 heavy (non-hydrogen) atoms. The standard InChI is InChI=1S/C21H33ClN2O3/c1-5-12-26-19-7-6-18(22)13-17(19)9-11-24-10-8-16(15-24)14-23-20(25)27-21(2,3)4/h6-7,13,16H,5,8-12,14-15H2,1-4H3,(H,23,25). The van der Waals surface area contributed by atoms with E-state index in [4.69, 9.17) is 21.1 Å². The Labute approximate surface area is 168 Å². The van der Waals surface area contributed by atoms with Gasteiger partial charge in [-0.3, -0.25) is 0 Å². The predicted octanol–water partition coefficient (Wildman–Crippen LogP) is 4.52. The average Bonchev–Trinajstić information content (AvgIpc) is 3.04. The second-order valence-electron chi connectivity index (χ2n) is 8.19. The molecule has 6 heteroatoms. The Morgan fingerprint density at radius 1 is 1.37 bits per heavy atom. The van der Waals surface area contributed by atoms with Crippen LogP contribution in [0.2, 0.25) is 5.02 Å². The zero-order valence-electron chi connectivity index (χ0n) is 17.0. The molecule has 1 amide bonds. The number of nitrogens with one attached hydrogen (secondary N) is 1. The van der Waals surface area contributed by atoms with Gasteiger partial charge in [0.1, 0.15) is 11.4 Å². The van der Waals surface area contributed by atoms with Crippen LogP contribution in [0.5, 0.6) is 5.75 Å². The van der Waals surface area contributed by atoms with E-state index in [2.05, 4.69) is 17.1 Å². The summed E-state index contributed by atoms with van der Waals surface area (Å²) in [5.41, 5.74) is 0.701. The zero-order valence-corrected chi connectivity index (χ0v) is 17.8. The quantitative estimate of drug-likeness (QED) is 0.701. The minimum absolute atomic E-state index is 0.336. The van der Waals surface area contributed by atoms with Crippen LogP contribution in [0.15, 0.2) is 18.2 Å². The van der Waals surface area contributed by atoms with Crippen molar-refractivity contribution in [1.82, 2.24) is 10.2 Å². The molecule has 0 bridgehead atoms. The smallest absolute Gasteiger partial charge is 0.407 e. The van der Waals surface area contributed by atoms with E-state index < -0.39 is 5.60 Å². The monoisotopic (exact) mass is 396 g/mol. The average molecular weight is 397 g/mol. The fraction of sp³-hybridized carbons (Fsp3) is 0.667. The van der Waals surface area contributed by atoms with Crippen molar-refractivity contribution in [2.45, 2.75) is 52.6 Å². The van der Waals surface area contributed by atoms with E-state index in [-0.39, 0.29) is 6.09 Å². The van der Waals surface area contributed by atoms with Crippen LogP contribution in [-0.2, 0) is 11.2 Å². The number of rotatable bonds is 8. The summed E-state index contributed by atoms with van der Waals surface area (Å²) in [7, 11) is 0. The molecule has 1 fully saturated rings. The lowest BCUT2D eigenvalue weighted by Crippen LogP contribution is -2.36. The maximum atomic E-state index is 11.8. The molecule has 0 aromatic heterocycles. The first-order valence-corrected chi connectivity index (χ1v) is 10.2. The lowest BCUT2D eigenvalue weighted by Gasteiger charge is -2.21. The van der Waals surface area contributed by atoms with Crippen LogP contribution >= 0.6 is 11.6 Å². The number of halogens is 1. The molecule has 1 unspecified atom stereocenters. The largest absolute Gasteiger partial charge is 0.493 e. The van der Waals surface area contributed by atoms with Gasteiger partial charge in [0.05, 0.1) is 6.61 Å². The van der Waals surface area contributed by atoms with Gasteiger partial charge < -0.3 is 19.7 Å². The molecule has 1 N–H and O–H groups in total. The summed E-state index contributed by atoms with van der Waals surface area (Å²) in [6.45, 7) is 12.1. The second-order valence-corrected chi connectivity index (χ2v) is 8.63. The van der Waals surface area contributed by atoms with Crippen LogP contribution in [0.25, 0.3) is 0 Å². The van der Waals surface area contributed by atoms with Crippen molar-refractivity contribution < 1.29 is 14.3 Å². The Morgan fingerprint density at radius 3 is 2.85 bits per heavy atom. The van der Waals surface area contributed by atoms with Crippen LogP contribution in [-0.4, -0.2) is 49.4 Å². The van der Waals surface area contributed by atoms with Gasteiger partial charge in [0.2, 0.25) is 0 Å². The van der Waals surface area contributed by atoms with E-state index in [1.165, 1.54) is 0 Å². The van der Waals surface area contributed by atoms with Gasteiger partial charge in [-0.05, 0) is 76.3 Å². The van der Waals surface area contributed by atoms with E-state index >= 15 is 0 Å². The number of hydrogen-bond acceptors (Lipinski definition) is 4.